The molecule has 2 atom stereocenters. The summed E-state index contributed by atoms with van der Waals surface area (Å²) >= 11 is 3.24. The van der Waals surface area contributed by atoms with E-state index in [4.69, 9.17) is 14.3 Å². The maximum Gasteiger partial charge on any atom is 0.321 e. The zero-order valence-corrected chi connectivity index (χ0v) is 16.9. The van der Waals surface area contributed by atoms with Crippen molar-refractivity contribution in [1.82, 2.24) is 10.3 Å². The number of hydrogen-bond acceptors (Lipinski definition) is 7. The molecule has 3 heterocycles. The average molecular weight is 417 g/mol. The number of benzene rings is 1. The van der Waals surface area contributed by atoms with E-state index in [2.05, 4.69) is 10.3 Å². The van der Waals surface area contributed by atoms with E-state index >= 15 is 0 Å². The fraction of sp³-hybridized carbons (Fsp3) is 0.300. The van der Waals surface area contributed by atoms with Crippen LogP contribution >= 0.6 is 23.1 Å². The number of carboxylic acid groups (broad SMARTS) is 1. The number of ether oxygens (including phenoxy) is 1. The normalized spacial score (nSPS) is 19.0. The molecule has 1 saturated heterocycles. The lowest BCUT2D eigenvalue weighted by Crippen LogP contribution is -2.37. The molecule has 2 aromatic heterocycles. The summed E-state index contributed by atoms with van der Waals surface area (Å²) in [6, 6.07) is 11.4. The lowest BCUT2D eigenvalue weighted by atomic mass is 10.1. The minimum atomic E-state index is -0.788. The molecule has 0 bridgehead atoms. The molecule has 0 radical (unpaired) electrons. The maximum atomic E-state index is 11.0. The number of aryl methyl sites for hydroxylation is 1. The molecule has 1 fully saturated rings. The third-order valence-electron chi connectivity index (χ3n) is 4.49. The smallest absolute Gasteiger partial charge is 0.321 e. The fourth-order valence-corrected chi connectivity index (χ4v) is 4.83. The van der Waals surface area contributed by atoms with Crippen LogP contribution in [0.25, 0.3) is 10.8 Å². The summed E-state index contributed by atoms with van der Waals surface area (Å²) in [7, 11) is 0. The Hall–Kier alpha value is -2.29. The van der Waals surface area contributed by atoms with Gasteiger partial charge in [-0.05, 0) is 42.5 Å². The zero-order chi connectivity index (χ0) is 19.5. The molecule has 28 heavy (non-hydrogen) atoms. The molecule has 1 aromatic carbocycles. The number of rotatable bonds is 7. The number of nitrogens with zero attached hydrogens (tertiary/aromatic N) is 1. The third-order valence-corrected chi connectivity index (χ3v) is 6.58. The SMILES string of the molecule is Cc1oc(-c2cccs2)nc1COc1ccc(CC2NC(C(=O)O)CS2)cc1. The molecule has 4 rings (SSSR count). The highest BCUT2D eigenvalue weighted by Crippen LogP contribution is 2.27. The molecular formula is C20H20N2O4S2. The van der Waals surface area contributed by atoms with Crippen LogP contribution in [0.3, 0.4) is 0 Å². The van der Waals surface area contributed by atoms with Crippen molar-refractivity contribution in [3.63, 3.8) is 0 Å². The molecule has 3 aromatic rings. The van der Waals surface area contributed by atoms with Gasteiger partial charge in [0, 0.05) is 5.75 Å². The Morgan fingerprint density at radius 2 is 2.18 bits per heavy atom. The second-order valence-corrected chi connectivity index (χ2v) is 8.70. The molecule has 2 unspecified atom stereocenters. The van der Waals surface area contributed by atoms with Crippen molar-refractivity contribution < 1.29 is 19.1 Å². The number of aromatic nitrogens is 1. The molecule has 0 amide bonds. The minimum absolute atomic E-state index is 0.126. The van der Waals surface area contributed by atoms with Crippen LogP contribution in [0.15, 0.2) is 46.2 Å². The van der Waals surface area contributed by atoms with Gasteiger partial charge >= 0.3 is 5.97 Å². The predicted molar refractivity (Wildman–Crippen MR) is 110 cm³/mol. The van der Waals surface area contributed by atoms with Gasteiger partial charge in [-0.3, -0.25) is 10.1 Å². The van der Waals surface area contributed by atoms with Gasteiger partial charge < -0.3 is 14.3 Å². The maximum absolute atomic E-state index is 11.0. The number of thioether (sulfide) groups is 1. The highest BCUT2D eigenvalue weighted by atomic mass is 32.2. The van der Waals surface area contributed by atoms with Crippen LogP contribution in [0.5, 0.6) is 5.75 Å². The molecule has 8 heteroatoms. The number of thiophene rings is 1. The van der Waals surface area contributed by atoms with Crippen LogP contribution in [-0.4, -0.2) is 33.2 Å². The molecule has 1 aliphatic rings. The third kappa shape index (κ3) is 4.40. The second-order valence-electron chi connectivity index (χ2n) is 6.52. The van der Waals surface area contributed by atoms with Crippen LogP contribution in [0.2, 0.25) is 0 Å². The zero-order valence-electron chi connectivity index (χ0n) is 15.3. The van der Waals surface area contributed by atoms with Crippen molar-refractivity contribution in [1.29, 1.82) is 0 Å². The number of hydrogen-bond donors (Lipinski definition) is 2. The van der Waals surface area contributed by atoms with Gasteiger partial charge in [0.15, 0.2) is 0 Å². The minimum Gasteiger partial charge on any atom is -0.487 e. The van der Waals surface area contributed by atoms with Crippen molar-refractivity contribution in [3.8, 4) is 16.5 Å². The number of aliphatic carboxylic acids is 1. The van der Waals surface area contributed by atoms with E-state index in [0.29, 0.717) is 18.3 Å². The Labute approximate surface area is 170 Å². The predicted octanol–water partition coefficient (Wildman–Crippen LogP) is 3.95. The topological polar surface area (TPSA) is 84.6 Å². The molecule has 0 spiro atoms. The number of nitrogens with one attached hydrogen (secondary N) is 1. The average Bonchev–Trinajstić information content (AvgIpc) is 3.42. The lowest BCUT2D eigenvalue weighted by Gasteiger charge is -2.11. The molecule has 1 aliphatic heterocycles. The summed E-state index contributed by atoms with van der Waals surface area (Å²) in [6.45, 7) is 2.24. The summed E-state index contributed by atoms with van der Waals surface area (Å²) in [5, 5.41) is 14.3. The molecule has 0 saturated carbocycles. The van der Waals surface area contributed by atoms with E-state index in [1.54, 1.807) is 23.1 Å². The van der Waals surface area contributed by atoms with E-state index in [9.17, 15) is 4.79 Å². The molecule has 0 aliphatic carbocycles. The summed E-state index contributed by atoms with van der Waals surface area (Å²) in [4.78, 5) is 16.6. The van der Waals surface area contributed by atoms with Crippen molar-refractivity contribution in [2.75, 3.05) is 5.75 Å². The lowest BCUT2D eigenvalue weighted by molar-refractivity contribution is -0.138. The van der Waals surface area contributed by atoms with Crippen LogP contribution < -0.4 is 10.1 Å². The monoisotopic (exact) mass is 416 g/mol. The Balaban J connectivity index is 1.32. The van der Waals surface area contributed by atoms with Gasteiger partial charge in [-0.15, -0.1) is 23.1 Å². The van der Waals surface area contributed by atoms with E-state index < -0.39 is 12.0 Å². The Morgan fingerprint density at radius 1 is 1.36 bits per heavy atom. The molecular weight excluding hydrogens is 396 g/mol. The van der Waals surface area contributed by atoms with Crippen LogP contribution in [0.1, 0.15) is 17.0 Å². The van der Waals surface area contributed by atoms with Gasteiger partial charge in [0.25, 0.3) is 0 Å². The summed E-state index contributed by atoms with van der Waals surface area (Å²) in [6.07, 6.45) is 0.779. The fourth-order valence-electron chi connectivity index (χ4n) is 2.95. The van der Waals surface area contributed by atoms with Crippen LogP contribution in [0, 0.1) is 6.92 Å². The quantitative estimate of drug-likeness (QED) is 0.603. The standard InChI is InChI=1S/C20H20N2O4S2/c1-12-15(22-19(26-12)17-3-2-8-27-17)10-25-14-6-4-13(5-7-14)9-18-21-16(11-28-18)20(23)24/h2-8,16,18,21H,9-11H2,1H3,(H,23,24). The van der Waals surface area contributed by atoms with Gasteiger partial charge in [-0.1, -0.05) is 18.2 Å². The van der Waals surface area contributed by atoms with Crippen molar-refractivity contribution >= 4 is 29.1 Å². The van der Waals surface area contributed by atoms with Crippen LogP contribution in [0.4, 0.5) is 0 Å². The van der Waals surface area contributed by atoms with Crippen LogP contribution in [-0.2, 0) is 17.8 Å². The number of carbonyl (C=O) groups is 1. The first-order valence-electron chi connectivity index (χ1n) is 8.91. The van der Waals surface area contributed by atoms with E-state index in [0.717, 1.165) is 34.1 Å². The Kier molecular flexibility index (Phi) is 5.70. The van der Waals surface area contributed by atoms with Gasteiger partial charge in [-0.25, -0.2) is 4.98 Å². The molecule has 2 N–H and O–H groups in total. The van der Waals surface area contributed by atoms with Gasteiger partial charge in [0.05, 0.1) is 10.3 Å². The molecule has 6 nitrogen and oxygen atoms in total. The summed E-state index contributed by atoms with van der Waals surface area (Å²) < 4.78 is 11.6. The number of carboxylic acids is 1. The first-order valence-corrected chi connectivity index (χ1v) is 10.8. The molecule has 146 valence electrons. The van der Waals surface area contributed by atoms with E-state index in [1.165, 1.54) is 0 Å². The van der Waals surface area contributed by atoms with E-state index in [-0.39, 0.29) is 5.37 Å². The van der Waals surface area contributed by atoms with Crippen molar-refractivity contribution in [3.05, 3.63) is 58.8 Å². The van der Waals surface area contributed by atoms with Crippen molar-refractivity contribution in [2.24, 2.45) is 0 Å². The largest absolute Gasteiger partial charge is 0.487 e. The second kappa shape index (κ2) is 8.38. The number of oxazole rings is 1. The van der Waals surface area contributed by atoms with Gasteiger partial charge in [-0.2, -0.15) is 0 Å². The van der Waals surface area contributed by atoms with Crippen molar-refractivity contribution in [2.45, 2.75) is 31.4 Å². The summed E-state index contributed by atoms with van der Waals surface area (Å²) in [5.74, 6) is 1.97. The highest BCUT2D eigenvalue weighted by molar-refractivity contribution is 8.00. The van der Waals surface area contributed by atoms with E-state index in [1.807, 2.05) is 48.7 Å². The highest BCUT2D eigenvalue weighted by Gasteiger charge is 2.29. The summed E-state index contributed by atoms with van der Waals surface area (Å²) in [5.41, 5.74) is 1.93. The first kappa shape index (κ1) is 19.0. The first-order chi connectivity index (χ1) is 13.6. The Morgan fingerprint density at radius 3 is 2.86 bits per heavy atom. The van der Waals surface area contributed by atoms with Gasteiger partial charge in [0.1, 0.15) is 29.9 Å². The Bertz CT molecular complexity index is 938. The van der Waals surface area contributed by atoms with Gasteiger partial charge in [0.2, 0.25) is 5.89 Å².